The molecule has 0 amide bonds. The Morgan fingerprint density at radius 3 is 2.90 bits per heavy atom. The molecule has 1 aromatic carbocycles. The van der Waals surface area contributed by atoms with Gasteiger partial charge in [-0.25, -0.2) is 9.97 Å². The lowest BCUT2D eigenvalue weighted by molar-refractivity contribution is 0.174. The minimum Gasteiger partial charge on any atom is -0.454 e. The summed E-state index contributed by atoms with van der Waals surface area (Å²) < 4.78 is 10.8. The molecule has 3 heterocycles. The highest BCUT2D eigenvalue weighted by Gasteiger charge is 2.16. The summed E-state index contributed by atoms with van der Waals surface area (Å²) in [6.07, 6.45) is 1.82. The molecular weight excluding hydrogens is 368 g/mol. The predicted molar refractivity (Wildman–Crippen MR) is 113 cm³/mol. The van der Waals surface area contributed by atoms with Crippen LogP contribution in [-0.4, -0.2) is 61.2 Å². The smallest absolute Gasteiger partial charge is 0.231 e. The number of aryl methyl sites for hydroxylation is 1. The van der Waals surface area contributed by atoms with Crippen LogP contribution in [0.3, 0.4) is 0 Å². The quantitative estimate of drug-likeness (QED) is 0.733. The molecule has 2 aliphatic heterocycles. The second-order valence-electron chi connectivity index (χ2n) is 7.55. The lowest BCUT2D eigenvalue weighted by Crippen LogP contribution is -2.31. The molecule has 1 N–H and O–H groups in total. The van der Waals surface area contributed by atoms with Gasteiger partial charge >= 0.3 is 0 Å². The Kier molecular flexibility index (Phi) is 5.92. The van der Waals surface area contributed by atoms with Gasteiger partial charge in [0.15, 0.2) is 11.5 Å². The van der Waals surface area contributed by atoms with Crippen LogP contribution in [0.15, 0.2) is 29.3 Å². The van der Waals surface area contributed by atoms with Crippen molar-refractivity contribution < 1.29 is 9.47 Å². The van der Waals surface area contributed by atoms with Gasteiger partial charge < -0.3 is 19.7 Å². The van der Waals surface area contributed by atoms with E-state index in [9.17, 15) is 0 Å². The first-order valence-electron chi connectivity index (χ1n) is 10.0. The van der Waals surface area contributed by atoms with Crippen molar-refractivity contribution in [2.45, 2.75) is 26.4 Å². The zero-order chi connectivity index (χ0) is 20.2. The summed E-state index contributed by atoms with van der Waals surface area (Å²) in [4.78, 5) is 17.8. The fraction of sp³-hybridized carbons (Fsp3) is 0.476. The number of ether oxygens (including phenoxy) is 2. The van der Waals surface area contributed by atoms with Crippen molar-refractivity contribution in [3.63, 3.8) is 0 Å². The summed E-state index contributed by atoms with van der Waals surface area (Å²) in [6, 6.07) is 8.32. The number of aromatic nitrogens is 2. The van der Waals surface area contributed by atoms with E-state index in [1.165, 1.54) is 5.56 Å². The Balaban J connectivity index is 1.28. The van der Waals surface area contributed by atoms with Crippen LogP contribution in [0.2, 0.25) is 0 Å². The third-order valence-corrected chi connectivity index (χ3v) is 5.09. The largest absolute Gasteiger partial charge is 0.454 e. The number of likely N-dealkylation sites (N-methyl/N-ethyl adjacent to an activating group) is 1. The molecule has 0 saturated heterocycles. The van der Waals surface area contributed by atoms with Gasteiger partial charge in [0.05, 0.1) is 18.6 Å². The second kappa shape index (κ2) is 8.75. The van der Waals surface area contributed by atoms with Crippen LogP contribution in [0.25, 0.3) is 0 Å². The molecule has 0 fully saturated rings. The second-order valence-corrected chi connectivity index (χ2v) is 7.55. The number of hydrogen-bond donors (Lipinski definition) is 1. The van der Waals surface area contributed by atoms with Gasteiger partial charge in [0.2, 0.25) is 12.7 Å². The number of aliphatic imine (C=N–C) groups is 1. The Labute approximate surface area is 171 Å². The summed E-state index contributed by atoms with van der Waals surface area (Å²) in [5.74, 6) is 2.39. The molecule has 0 aliphatic carbocycles. The van der Waals surface area contributed by atoms with Crippen molar-refractivity contribution in [2.24, 2.45) is 4.99 Å². The van der Waals surface area contributed by atoms with E-state index in [0.29, 0.717) is 6.79 Å². The van der Waals surface area contributed by atoms with E-state index < -0.39 is 0 Å². The number of nitrogens with zero attached hydrogens (tertiary/aromatic N) is 5. The summed E-state index contributed by atoms with van der Waals surface area (Å²) in [5, 5.41) is 3.57. The zero-order valence-electron chi connectivity index (χ0n) is 17.3. The Morgan fingerprint density at radius 2 is 2.07 bits per heavy atom. The van der Waals surface area contributed by atoms with Crippen molar-refractivity contribution in [3.8, 4) is 11.5 Å². The summed E-state index contributed by atoms with van der Waals surface area (Å²) in [6.45, 7) is 8.75. The van der Waals surface area contributed by atoms with E-state index in [-0.39, 0.29) is 6.04 Å². The summed E-state index contributed by atoms with van der Waals surface area (Å²) >= 11 is 0. The Morgan fingerprint density at radius 1 is 1.21 bits per heavy atom. The van der Waals surface area contributed by atoms with Gasteiger partial charge in [-0.2, -0.15) is 0 Å². The number of hydrogen-bond acceptors (Lipinski definition) is 8. The molecule has 0 radical (unpaired) electrons. The minimum atomic E-state index is 0.147. The lowest BCUT2D eigenvalue weighted by atomic mass is 10.2. The third-order valence-electron chi connectivity index (χ3n) is 5.09. The monoisotopic (exact) mass is 396 g/mol. The Hall–Kier alpha value is -2.71. The first-order chi connectivity index (χ1) is 14.1. The number of fused-ring (bicyclic) bond motifs is 1. The highest BCUT2D eigenvalue weighted by molar-refractivity contribution is 5.77. The molecule has 4 rings (SSSR count). The van der Waals surface area contributed by atoms with Crippen molar-refractivity contribution in [3.05, 3.63) is 41.2 Å². The fourth-order valence-corrected chi connectivity index (χ4v) is 3.46. The van der Waals surface area contributed by atoms with Crippen LogP contribution < -0.4 is 19.7 Å². The fourth-order valence-electron chi connectivity index (χ4n) is 3.46. The van der Waals surface area contributed by atoms with Crippen LogP contribution in [0.5, 0.6) is 11.5 Å². The van der Waals surface area contributed by atoms with Crippen LogP contribution in [-0.2, 0) is 6.54 Å². The normalized spacial score (nSPS) is 16.1. The molecule has 0 spiro atoms. The zero-order valence-corrected chi connectivity index (χ0v) is 17.3. The summed E-state index contributed by atoms with van der Waals surface area (Å²) in [5.41, 5.74) is 3.19. The van der Waals surface area contributed by atoms with Gasteiger partial charge in [-0.3, -0.25) is 9.89 Å². The van der Waals surface area contributed by atoms with Crippen molar-refractivity contribution in [1.82, 2.24) is 20.2 Å². The van der Waals surface area contributed by atoms with E-state index in [1.807, 2.05) is 30.3 Å². The van der Waals surface area contributed by atoms with Gasteiger partial charge in [-0.1, -0.05) is 6.07 Å². The third kappa shape index (κ3) is 4.83. The predicted octanol–water partition coefficient (Wildman–Crippen LogP) is 2.14. The van der Waals surface area contributed by atoms with Gasteiger partial charge in [0, 0.05) is 37.9 Å². The molecule has 154 valence electrons. The molecule has 8 nitrogen and oxygen atoms in total. The first kappa shape index (κ1) is 19.6. The van der Waals surface area contributed by atoms with E-state index in [1.54, 1.807) is 0 Å². The average molecular weight is 396 g/mol. The van der Waals surface area contributed by atoms with Crippen LogP contribution >= 0.6 is 0 Å². The molecule has 2 aliphatic rings. The highest BCUT2D eigenvalue weighted by Crippen LogP contribution is 2.32. The molecule has 2 aromatic rings. The molecule has 0 bridgehead atoms. The molecule has 1 atom stereocenters. The number of nitrogens with one attached hydrogen (secondary N) is 1. The summed E-state index contributed by atoms with van der Waals surface area (Å²) in [7, 11) is 2.12. The number of anilines is 1. The van der Waals surface area contributed by atoms with Crippen molar-refractivity contribution in [1.29, 1.82) is 0 Å². The topological polar surface area (TPSA) is 75.1 Å². The van der Waals surface area contributed by atoms with Gasteiger partial charge in [-0.15, -0.1) is 0 Å². The average Bonchev–Trinajstić information content (AvgIpc) is 3.39. The minimum absolute atomic E-state index is 0.147. The first-order valence-corrected chi connectivity index (χ1v) is 10.0. The molecule has 1 unspecified atom stereocenters. The van der Waals surface area contributed by atoms with E-state index in [2.05, 4.69) is 46.3 Å². The van der Waals surface area contributed by atoms with E-state index in [0.717, 1.165) is 61.6 Å². The highest BCUT2D eigenvalue weighted by atomic mass is 16.7. The Bertz CT molecular complexity index is 887. The number of rotatable bonds is 8. The molecular formula is C21H28N6O2. The van der Waals surface area contributed by atoms with E-state index in [4.69, 9.17) is 14.5 Å². The van der Waals surface area contributed by atoms with Gasteiger partial charge in [0.1, 0.15) is 0 Å². The maximum absolute atomic E-state index is 5.46. The van der Waals surface area contributed by atoms with Crippen LogP contribution in [0, 0.1) is 6.92 Å². The van der Waals surface area contributed by atoms with Crippen molar-refractivity contribution in [2.75, 3.05) is 44.9 Å². The standard InChI is InChI=1S/C21H28N6O2/c1-15-10-18(25-21(24-15)27-9-6-22-13-27)16(2)23-7-8-26(3)12-17-4-5-19-20(11-17)29-14-28-19/h4-5,10-11,13,16,23H,6-9,12,14H2,1-3H3. The van der Waals surface area contributed by atoms with E-state index >= 15 is 0 Å². The number of benzene rings is 1. The van der Waals surface area contributed by atoms with Gasteiger partial charge in [0.25, 0.3) is 0 Å². The van der Waals surface area contributed by atoms with Crippen LogP contribution in [0.1, 0.15) is 29.9 Å². The maximum atomic E-state index is 5.46. The van der Waals surface area contributed by atoms with Crippen LogP contribution in [0.4, 0.5) is 5.95 Å². The van der Waals surface area contributed by atoms with Crippen molar-refractivity contribution >= 4 is 12.3 Å². The maximum Gasteiger partial charge on any atom is 0.231 e. The van der Waals surface area contributed by atoms with Gasteiger partial charge in [-0.05, 0) is 44.7 Å². The lowest BCUT2D eigenvalue weighted by Gasteiger charge is -2.20. The molecule has 1 aromatic heterocycles. The SMILES string of the molecule is Cc1cc(C(C)NCCN(C)Cc2ccc3c(c2)OCO3)nc(N2C=NCC2)n1. The molecule has 0 saturated carbocycles. The molecule has 29 heavy (non-hydrogen) atoms. The molecule has 8 heteroatoms.